The Morgan fingerprint density at radius 2 is 1.88 bits per heavy atom. The first-order valence-electron chi connectivity index (χ1n) is 7.91. The zero-order chi connectivity index (χ0) is 18.0. The zero-order valence-electron chi connectivity index (χ0n) is 13.2. The number of nitro groups is 1. The highest BCUT2D eigenvalue weighted by Gasteiger charge is 2.32. The molecule has 2 aromatic rings. The summed E-state index contributed by atoms with van der Waals surface area (Å²) in [4.78, 5) is 16.8. The van der Waals surface area contributed by atoms with Crippen LogP contribution in [-0.4, -0.2) is 16.5 Å². The van der Waals surface area contributed by atoms with E-state index < -0.39 is 16.7 Å². The van der Waals surface area contributed by atoms with E-state index in [4.69, 9.17) is 0 Å². The lowest BCUT2D eigenvalue weighted by atomic mass is 9.94. The van der Waals surface area contributed by atoms with Gasteiger partial charge in [-0.05, 0) is 43.0 Å². The van der Waals surface area contributed by atoms with Crippen molar-refractivity contribution in [3.63, 3.8) is 0 Å². The molecule has 1 atom stereocenters. The fourth-order valence-corrected chi connectivity index (χ4v) is 3.18. The van der Waals surface area contributed by atoms with E-state index in [1.807, 2.05) is 4.90 Å². The van der Waals surface area contributed by atoms with Crippen LogP contribution in [0.5, 0.6) is 0 Å². The molecule has 1 unspecified atom stereocenters. The number of piperidine rings is 1. The van der Waals surface area contributed by atoms with E-state index in [1.165, 1.54) is 30.5 Å². The number of halogens is 3. The summed E-state index contributed by atoms with van der Waals surface area (Å²) in [6.45, 7) is 0.573. The zero-order valence-corrected chi connectivity index (χ0v) is 13.2. The summed E-state index contributed by atoms with van der Waals surface area (Å²) < 4.78 is 38.2. The number of aromatic nitrogens is 1. The highest BCUT2D eigenvalue weighted by Crippen LogP contribution is 2.38. The number of nitrogens with zero attached hydrogens (tertiary/aromatic N) is 3. The average Bonchev–Trinajstić information content (AvgIpc) is 2.61. The standard InChI is InChI=1S/C17H16F3N3O2/c18-17(19,20)13-8-6-12(7-9-13)14-4-1-2-11-22(14)16-15(23(24)25)5-3-10-21-16/h3,5-10,14H,1-2,4,11H2. The lowest BCUT2D eigenvalue weighted by Crippen LogP contribution is -2.34. The number of pyridine rings is 1. The molecule has 1 saturated heterocycles. The number of anilines is 1. The maximum Gasteiger partial charge on any atom is 0.416 e. The molecule has 1 aromatic carbocycles. The van der Waals surface area contributed by atoms with Gasteiger partial charge in [-0.3, -0.25) is 10.1 Å². The normalized spacial score (nSPS) is 18.2. The van der Waals surface area contributed by atoms with Gasteiger partial charge in [0.15, 0.2) is 0 Å². The number of benzene rings is 1. The van der Waals surface area contributed by atoms with Crippen molar-refractivity contribution in [3.8, 4) is 0 Å². The summed E-state index contributed by atoms with van der Waals surface area (Å²) >= 11 is 0. The Balaban J connectivity index is 1.96. The van der Waals surface area contributed by atoms with Gasteiger partial charge in [-0.15, -0.1) is 0 Å². The third-order valence-electron chi connectivity index (χ3n) is 4.36. The van der Waals surface area contributed by atoms with Gasteiger partial charge in [0, 0.05) is 18.8 Å². The molecule has 8 heteroatoms. The molecule has 0 amide bonds. The first kappa shape index (κ1) is 17.2. The monoisotopic (exact) mass is 351 g/mol. The molecule has 25 heavy (non-hydrogen) atoms. The van der Waals surface area contributed by atoms with E-state index in [9.17, 15) is 23.3 Å². The van der Waals surface area contributed by atoms with Crippen LogP contribution in [0.15, 0.2) is 42.6 Å². The van der Waals surface area contributed by atoms with Gasteiger partial charge in [0.1, 0.15) is 0 Å². The van der Waals surface area contributed by atoms with Crippen molar-refractivity contribution in [1.29, 1.82) is 0 Å². The second-order valence-corrected chi connectivity index (χ2v) is 5.93. The minimum atomic E-state index is -4.38. The Bertz CT molecular complexity index is 762. The Morgan fingerprint density at radius 1 is 1.16 bits per heavy atom. The van der Waals surface area contributed by atoms with E-state index in [0.717, 1.165) is 25.0 Å². The molecule has 0 aliphatic carbocycles. The van der Waals surface area contributed by atoms with E-state index >= 15 is 0 Å². The van der Waals surface area contributed by atoms with E-state index in [2.05, 4.69) is 4.98 Å². The van der Waals surface area contributed by atoms with Crippen molar-refractivity contribution in [2.24, 2.45) is 0 Å². The lowest BCUT2D eigenvalue weighted by Gasteiger charge is -2.36. The maximum atomic E-state index is 12.7. The Kier molecular flexibility index (Phi) is 4.61. The second kappa shape index (κ2) is 6.70. The quantitative estimate of drug-likeness (QED) is 0.592. The molecule has 0 bridgehead atoms. The van der Waals surface area contributed by atoms with Crippen LogP contribution in [0.4, 0.5) is 24.7 Å². The van der Waals surface area contributed by atoms with Gasteiger partial charge in [-0.2, -0.15) is 13.2 Å². The first-order valence-corrected chi connectivity index (χ1v) is 7.91. The second-order valence-electron chi connectivity index (χ2n) is 5.93. The predicted molar refractivity (Wildman–Crippen MR) is 86.3 cm³/mol. The minimum absolute atomic E-state index is 0.0960. The SMILES string of the molecule is O=[N+]([O-])c1cccnc1N1CCCCC1c1ccc(C(F)(F)F)cc1. The molecule has 1 fully saturated rings. The van der Waals surface area contributed by atoms with Gasteiger partial charge in [-0.25, -0.2) is 4.98 Å². The van der Waals surface area contributed by atoms with Crippen molar-refractivity contribution >= 4 is 11.5 Å². The van der Waals surface area contributed by atoms with Gasteiger partial charge in [0.25, 0.3) is 0 Å². The Hall–Kier alpha value is -2.64. The van der Waals surface area contributed by atoms with Gasteiger partial charge < -0.3 is 4.90 Å². The number of hydrogen-bond acceptors (Lipinski definition) is 4. The highest BCUT2D eigenvalue weighted by atomic mass is 19.4. The van der Waals surface area contributed by atoms with E-state index in [1.54, 1.807) is 0 Å². The third-order valence-corrected chi connectivity index (χ3v) is 4.36. The fourth-order valence-electron chi connectivity index (χ4n) is 3.18. The van der Waals surface area contributed by atoms with Crippen LogP contribution in [0.25, 0.3) is 0 Å². The van der Waals surface area contributed by atoms with Crippen molar-refractivity contribution in [2.75, 3.05) is 11.4 Å². The highest BCUT2D eigenvalue weighted by molar-refractivity contribution is 5.59. The lowest BCUT2D eigenvalue weighted by molar-refractivity contribution is -0.384. The van der Waals surface area contributed by atoms with Gasteiger partial charge in [0.05, 0.1) is 16.5 Å². The van der Waals surface area contributed by atoms with Gasteiger partial charge in [-0.1, -0.05) is 12.1 Å². The molecule has 3 rings (SSSR count). The topological polar surface area (TPSA) is 59.3 Å². The predicted octanol–water partition coefficient (Wildman–Crippen LogP) is 4.74. The largest absolute Gasteiger partial charge is 0.416 e. The molecule has 5 nitrogen and oxygen atoms in total. The third kappa shape index (κ3) is 3.57. The van der Waals surface area contributed by atoms with Crippen LogP contribution >= 0.6 is 0 Å². The van der Waals surface area contributed by atoms with E-state index in [-0.39, 0.29) is 17.5 Å². The van der Waals surface area contributed by atoms with Crippen molar-refractivity contribution in [2.45, 2.75) is 31.5 Å². The van der Waals surface area contributed by atoms with Crippen LogP contribution < -0.4 is 4.90 Å². The summed E-state index contributed by atoms with van der Waals surface area (Å²) in [5.74, 6) is 0.261. The summed E-state index contributed by atoms with van der Waals surface area (Å²) in [7, 11) is 0. The molecular formula is C17H16F3N3O2. The van der Waals surface area contributed by atoms with Crippen LogP contribution in [0.2, 0.25) is 0 Å². The minimum Gasteiger partial charge on any atom is -0.344 e. The average molecular weight is 351 g/mol. The molecule has 0 N–H and O–H groups in total. The van der Waals surface area contributed by atoms with Crippen molar-refractivity contribution in [1.82, 2.24) is 4.98 Å². The fraction of sp³-hybridized carbons (Fsp3) is 0.353. The Morgan fingerprint density at radius 3 is 2.52 bits per heavy atom. The molecule has 2 heterocycles. The van der Waals surface area contributed by atoms with Crippen LogP contribution in [0, 0.1) is 10.1 Å². The molecule has 0 saturated carbocycles. The molecule has 132 valence electrons. The van der Waals surface area contributed by atoms with Gasteiger partial charge >= 0.3 is 11.9 Å². The number of rotatable bonds is 3. The molecule has 0 spiro atoms. The first-order chi connectivity index (χ1) is 11.9. The molecular weight excluding hydrogens is 335 g/mol. The smallest absolute Gasteiger partial charge is 0.344 e. The molecule has 1 aliphatic heterocycles. The summed E-state index contributed by atoms with van der Waals surface area (Å²) in [6.07, 6.45) is -0.432. The molecule has 0 radical (unpaired) electrons. The molecule has 1 aromatic heterocycles. The van der Waals surface area contributed by atoms with Crippen molar-refractivity contribution in [3.05, 3.63) is 63.8 Å². The van der Waals surface area contributed by atoms with Crippen LogP contribution in [0.3, 0.4) is 0 Å². The number of hydrogen-bond donors (Lipinski definition) is 0. The Labute approximate surface area is 142 Å². The molecule has 1 aliphatic rings. The van der Waals surface area contributed by atoms with Crippen LogP contribution in [-0.2, 0) is 6.18 Å². The van der Waals surface area contributed by atoms with Crippen molar-refractivity contribution < 1.29 is 18.1 Å². The summed E-state index contributed by atoms with van der Waals surface area (Å²) in [6, 6.07) is 7.65. The maximum absolute atomic E-state index is 12.7. The van der Waals surface area contributed by atoms with E-state index in [0.29, 0.717) is 18.5 Å². The van der Waals surface area contributed by atoms with Gasteiger partial charge in [0.2, 0.25) is 5.82 Å². The number of alkyl halides is 3. The van der Waals surface area contributed by atoms with Crippen LogP contribution in [0.1, 0.15) is 36.4 Å². The summed E-state index contributed by atoms with van der Waals surface area (Å²) in [5.41, 5.74) is -0.101. The summed E-state index contributed by atoms with van der Waals surface area (Å²) in [5, 5.41) is 11.3.